The van der Waals surface area contributed by atoms with E-state index in [-0.39, 0.29) is 17.7 Å². The van der Waals surface area contributed by atoms with Crippen molar-refractivity contribution in [1.29, 1.82) is 0 Å². The lowest BCUT2D eigenvalue weighted by atomic mass is 9.83. The number of imide groups is 1. The van der Waals surface area contributed by atoms with Gasteiger partial charge in [0.2, 0.25) is 11.8 Å². The van der Waals surface area contributed by atoms with E-state index >= 15 is 0 Å². The second-order valence-electron chi connectivity index (χ2n) is 7.87. The van der Waals surface area contributed by atoms with Gasteiger partial charge in [0.25, 0.3) is 5.91 Å². The molecule has 3 aliphatic rings. The van der Waals surface area contributed by atoms with E-state index in [4.69, 9.17) is 0 Å². The minimum atomic E-state index is -0.274. The average Bonchev–Trinajstić information content (AvgIpc) is 2.90. The van der Waals surface area contributed by atoms with E-state index in [0.717, 1.165) is 23.4 Å². The fraction of sp³-hybridized carbons (Fsp3) is 0.550. The van der Waals surface area contributed by atoms with Crippen LogP contribution in [0.1, 0.15) is 73.4 Å². The van der Waals surface area contributed by atoms with Gasteiger partial charge >= 0.3 is 0 Å². The minimum Gasteiger partial charge on any atom is -0.312 e. The molecule has 0 aromatic heterocycles. The van der Waals surface area contributed by atoms with Crippen molar-refractivity contribution in [3.8, 4) is 0 Å². The summed E-state index contributed by atoms with van der Waals surface area (Å²) in [6.07, 6.45) is 3.36. The number of hydrogen-bond acceptors (Lipinski definition) is 4. The predicted molar refractivity (Wildman–Crippen MR) is 96.1 cm³/mol. The van der Waals surface area contributed by atoms with Crippen LogP contribution in [0.15, 0.2) is 18.2 Å². The molecular weight excluding hydrogens is 330 g/mol. The van der Waals surface area contributed by atoms with Crippen molar-refractivity contribution in [2.24, 2.45) is 0 Å². The molecule has 2 fully saturated rings. The molecule has 3 aliphatic heterocycles. The zero-order valence-corrected chi connectivity index (χ0v) is 15.3. The topological polar surface area (TPSA) is 69.7 Å². The summed E-state index contributed by atoms with van der Waals surface area (Å²) in [5.74, 6) is -0.330. The lowest BCUT2D eigenvalue weighted by Crippen LogP contribution is -2.51. The Morgan fingerprint density at radius 2 is 1.65 bits per heavy atom. The normalized spacial score (nSPS) is 29.3. The smallest absolute Gasteiger partial charge is 0.273 e. The number of rotatable bonds is 2. The van der Waals surface area contributed by atoms with Gasteiger partial charge in [-0.15, -0.1) is 0 Å². The number of nitrogens with zero attached hydrogens (tertiary/aromatic N) is 2. The molecule has 2 unspecified atom stereocenters. The molecule has 1 N–H and O–H groups in total. The van der Waals surface area contributed by atoms with Gasteiger partial charge in [0.05, 0.1) is 6.54 Å². The zero-order chi connectivity index (χ0) is 18.4. The first kappa shape index (κ1) is 17.2. The van der Waals surface area contributed by atoms with Gasteiger partial charge in [0.1, 0.15) is 0 Å². The van der Waals surface area contributed by atoms with Gasteiger partial charge in [-0.1, -0.05) is 12.1 Å². The van der Waals surface area contributed by atoms with E-state index < -0.39 is 0 Å². The van der Waals surface area contributed by atoms with Crippen LogP contribution in [0.2, 0.25) is 0 Å². The van der Waals surface area contributed by atoms with Crippen LogP contribution >= 0.6 is 0 Å². The van der Waals surface area contributed by atoms with Crippen LogP contribution in [0, 0.1) is 0 Å². The van der Waals surface area contributed by atoms with E-state index in [1.165, 1.54) is 10.6 Å². The van der Waals surface area contributed by atoms with Crippen molar-refractivity contribution < 1.29 is 14.4 Å². The molecule has 3 amide bonds. The van der Waals surface area contributed by atoms with Gasteiger partial charge in [-0.05, 0) is 56.2 Å². The SMILES string of the molecule is CC1CC(c2ccc3c(c2)CN(N2C(=O)CCCC2=O)C3=O)CC(C)N1. The monoisotopic (exact) mass is 355 g/mol. The fourth-order valence-electron chi connectivity index (χ4n) is 4.60. The second kappa shape index (κ2) is 6.50. The molecule has 26 heavy (non-hydrogen) atoms. The molecule has 0 spiro atoms. The van der Waals surface area contributed by atoms with Crippen molar-refractivity contribution in [2.45, 2.75) is 70.5 Å². The van der Waals surface area contributed by atoms with Crippen molar-refractivity contribution >= 4 is 17.7 Å². The summed E-state index contributed by atoms with van der Waals surface area (Å²) >= 11 is 0. The average molecular weight is 355 g/mol. The van der Waals surface area contributed by atoms with Gasteiger partial charge in [-0.3, -0.25) is 14.4 Å². The van der Waals surface area contributed by atoms with Crippen molar-refractivity contribution in [3.63, 3.8) is 0 Å². The van der Waals surface area contributed by atoms with Crippen LogP contribution in [0.25, 0.3) is 0 Å². The fourth-order valence-corrected chi connectivity index (χ4v) is 4.60. The van der Waals surface area contributed by atoms with Crippen LogP contribution in [0.3, 0.4) is 0 Å². The maximum Gasteiger partial charge on any atom is 0.273 e. The molecule has 2 saturated heterocycles. The summed E-state index contributed by atoms with van der Waals surface area (Å²) in [5, 5.41) is 5.95. The van der Waals surface area contributed by atoms with Crippen LogP contribution in [0.5, 0.6) is 0 Å². The highest BCUT2D eigenvalue weighted by atomic mass is 16.2. The number of amides is 3. The highest BCUT2D eigenvalue weighted by molar-refractivity contribution is 6.04. The molecule has 0 radical (unpaired) electrons. The number of hydrazine groups is 1. The Balaban J connectivity index is 1.59. The Morgan fingerprint density at radius 3 is 2.31 bits per heavy atom. The number of carbonyl (C=O) groups is 3. The van der Waals surface area contributed by atoms with Gasteiger partial charge in [-0.2, -0.15) is 5.01 Å². The Kier molecular flexibility index (Phi) is 4.31. The van der Waals surface area contributed by atoms with Crippen molar-refractivity contribution in [2.75, 3.05) is 0 Å². The van der Waals surface area contributed by atoms with E-state index in [9.17, 15) is 14.4 Å². The molecule has 6 nitrogen and oxygen atoms in total. The first-order valence-electron chi connectivity index (χ1n) is 9.50. The quantitative estimate of drug-likeness (QED) is 0.827. The van der Waals surface area contributed by atoms with E-state index in [0.29, 0.717) is 49.4 Å². The Labute approximate surface area is 153 Å². The number of benzene rings is 1. The van der Waals surface area contributed by atoms with Crippen LogP contribution < -0.4 is 5.32 Å². The highest BCUT2D eigenvalue weighted by Gasteiger charge is 2.39. The summed E-state index contributed by atoms with van der Waals surface area (Å²) < 4.78 is 0. The third kappa shape index (κ3) is 2.92. The maximum absolute atomic E-state index is 12.7. The van der Waals surface area contributed by atoms with Crippen LogP contribution in [-0.2, 0) is 16.1 Å². The predicted octanol–water partition coefficient (Wildman–Crippen LogP) is 2.34. The number of hydrogen-bond donors (Lipinski definition) is 1. The van der Waals surface area contributed by atoms with Crippen LogP contribution in [-0.4, -0.2) is 39.8 Å². The lowest BCUT2D eigenvalue weighted by molar-refractivity contribution is -0.163. The number of fused-ring (bicyclic) bond motifs is 1. The standard InChI is InChI=1S/C20H25N3O3/c1-12-8-15(9-13(2)21-12)14-6-7-17-16(10-14)11-22(20(17)26)23-18(24)4-3-5-19(23)25/h6-7,10,12-13,15,21H,3-5,8-9,11H2,1-2H3. The molecule has 0 aliphatic carbocycles. The van der Waals surface area contributed by atoms with Crippen molar-refractivity contribution in [1.82, 2.24) is 15.3 Å². The number of carbonyl (C=O) groups excluding carboxylic acids is 3. The zero-order valence-electron chi connectivity index (χ0n) is 15.3. The third-order valence-corrected chi connectivity index (χ3v) is 5.73. The summed E-state index contributed by atoms with van der Waals surface area (Å²) in [6, 6.07) is 6.94. The second-order valence-corrected chi connectivity index (χ2v) is 7.87. The van der Waals surface area contributed by atoms with E-state index in [1.54, 1.807) is 0 Å². The van der Waals surface area contributed by atoms with Crippen molar-refractivity contribution in [3.05, 3.63) is 34.9 Å². The molecule has 1 aromatic carbocycles. The van der Waals surface area contributed by atoms with Crippen LogP contribution in [0.4, 0.5) is 0 Å². The van der Waals surface area contributed by atoms with Gasteiger partial charge < -0.3 is 5.32 Å². The van der Waals surface area contributed by atoms with Gasteiger partial charge in [-0.25, -0.2) is 5.01 Å². The molecule has 6 heteroatoms. The first-order chi connectivity index (χ1) is 12.4. The first-order valence-corrected chi connectivity index (χ1v) is 9.50. The molecule has 138 valence electrons. The molecule has 1 aromatic rings. The number of nitrogens with one attached hydrogen (secondary N) is 1. The molecule has 0 saturated carbocycles. The van der Waals surface area contributed by atoms with E-state index in [1.807, 2.05) is 12.1 Å². The largest absolute Gasteiger partial charge is 0.312 e. The molecule has 3 heterocycles. The summed E-state index contributed by atoms with van der Waals surface area (Å²) in [5.41, 5.74) is 2.77. The Bertz CT molecular complexity index is 750. The molecule has 4 rings (SSSR count). The van der Waals surface area contributed by atoms with E-state index in [2.05, 4.69) is 25.2 Å². The summed E-state index contributed by atoms with van der Waals surface area (Å²) in [7, 11) is 0. The minimum absolute atomic E-state index is 0.248. The summed E-state index contributed by atoms with van der Waals surface area (Å²) in [6.45, 7) is 4.71. The third-order valence-electron chi connectivity index (χ3n) is 5.73. The lowest BCUT2D eigenvalue weighted by Gasteiger charge is -2.33. The maximum atomic E-state index is 12.7. The molecule has 0 bridgehead atoms. The summed E-state index contributed by atoms with van der Waals surface area (Å²) in [4.78, 5) is 37.1. The molecular formula is C20H25N3O3. The van der Waals surface area contributed by atoms with Gasteiger partial charge in [0, 0.05) is 30.5 Å². The number of piperidine rings is 2. The highest BCUT2D eigenvalue weighted by Crippen LogP contribution is 2.34. The molecule has 2 atom stereocenters. The Morgan fingerprint density at radius 1 is 1.00 bits per heavy atom. The van der Waals surface area contributed by atoms with Gasteiger partial charge in [0.15, 0.2) is 0 Å². The Hall–Kier alpha value is -2.21.